The standard InChI is InChI=1S/C12H8Cl2IN/c1-7-5-8(15)6-16-12(7)9-3-2-4-10(13)11(9)14/h2-6H,1H3. The van der Waals surface area contributed by atoms with Crippen molar-refractivity contribution in [2.45, 2.75) is 6.92 Å². The van der Waals surface area contributed by atoms with Crippen molar-refractivity contribution in [1.29, 1.82) is 0 Å². The zero-order valence-corrected chi connectivity index (χ0v) is 12.1. The highest BCUT2D eigenvalue weighted by Gasteiger charge is 2.10. The fourth-order valence-electron chi connectivity index (χ4n) is 1.51. The van der Waals surface area contributed by atoms with Gasteiger partial charge in [-0.05, 0) is 47.2 Å². The molecular formula is C12H8Cl2IN. The predicted octanol–water partition coefficient (Wildman–Crippen LogP) is 4.97. The Hall–Kier alpha value is -0.320. The van der Waals surface area contributed by atoms with Gasteiger partial charge in [0.15, 0.2) is 0 Å². The van der Waals surface area contributed by atoms with E-state index in [-0.39, 0.29) is 0 Å². The first kappa shape index (κ1) is 12.1. The summed E-state index contributed by atoms with van der Waals surface area (Å²) in [6.07, 6.45) is 1.82. The van der Waals surface area contributed by atoms with Gasteiger partial charge in [-0.3, -0.25) is 4.98 Å². The molecule has 0 unspecified atom stereocenters. The van der Waals surface area contributed by atoms with Crippen molar-refractivity contribution in [2.75, 3.05) is 0 Å². The fraction of sp³-hybridized carbons (Fsp3) is 0.0833. The quantitative estimate of drug-likeness (QED) is 0.652. The van der Waals surface area contributed by atoms with Crippen LogP contribution in [0.4, 0.5) is 0 Å². The van der Waals surface area contributed by atoms with Crippen molar-refractivity contribution in [1.82, 2.24) is 4.98 Å². The Balaban J connectivity index is 2.63. The van der Waals surface area contributed by atoms with Crippen LogP contribution in [0, 0.1) is 10.5 Å². The van der Waals surface area contributed by atoms with E-state index in [1.165, 1.54) is 0 Å². The highest BCUT2D eigenvalue weighted by atomic mass is 127. The summed E-state index contributed by atoms with van der Waals surface area (Å²) in [5.74, 6) is 0. The number of pyridine rings is 1. The third kappa shape index (κ3) is 2.34. The number of hydrogen-bond acceptors (Lipinski definition) is 1. The zero-order chi connectivity index (χ0) is 11.7. The molecule has 0 bridgehead atoms. The fourth-order valence-corrected chi connectivity index (χ4v) is 2.51. The average Bonchev–Trinajstić information content (AvgIpc) is 2.23. The molecule has 2 aromatic rings. The van der Waals surface area contributed by atoms with Crippen LogP contribution in [0.15, 0.2) is 30.5 Å². The first-order chi connectivity index (χ1) is 7.59. The SMILES string of the molecule is Cc1cc(I)cnc1-c1cccc(Cl)c1Cl. The molecule has 82 valence electrons. The van der Waals surface area contributed by atoms with Crippen molar-refractivity contribution in [3.05, 3.63) is 49.6 Å². The molecular weight excluding hydrogens is 356 g/mol. The van der Waals surface area contributed by atoms with E-state index in [0.717, 1.165) is 20.4 Å². The minimum atomic E-state index is 0.555. The number of benzene rings is 1. The zero-order valence-electron chi connectivity index (χ0n) is 8.47. The van der Waals surface area contributed by atoms with E-state index in [2.05, 4.69) is 33.6 Å². The summed E-state index contributed by atoms with van der Waals surface area (Å²) in [7, 11) is 0. The summed E-state index contributed by atoms with van der Waals surface area (Å²) >= 11 is 14.4. The first-order valence-electron chi connectivity index (χ1n) is 4.66. The van der Waals surface area contributed by atoms with Gasteiger partial charge in [0.1, 0.15) is 0 Å². The molecule has 1 aromatic carbocycles. The predicted molar refractivity (Wildman–Crippen MR) is 77.1 cm³/mol. The van der Waals surface area contributed by atoms with E-state index in [1.54, 1.807) is 6.07 Å². The molecule has 0 fully saturated rings. The maximum Gasteiger partial charge on any atom is 0.0747 e. The number of hydrogen-bond donors (Lipinski definition) is 0. The molecule has 1 heterocycles. The molecule has 2 rings (SSSR count). The Labute approximate surface area is 118 Å². The van der Waals surface area contributed by atoms with E-state index in [1.807, 2.05) is 25.3 Å². The van der Waals surface area contributed by atoms with Crippen molar-refractivity contribution in [3.63, 3.8) is 0 Å². The average molecular weight is 364 g/mol. The molecule has 16 heavy (non-hydrogen) atoms. The van der Waals surface area contributed by atoms with Gasteiger partial charge in [0.25, 0.3) is 0 Å². The smallest absolute Gasteiger partial charge is 0.0747 e. The normalized spacial score (nSPS) is 10.5. The van der Waals surface area contributed by atoms with Crippen LogP contribution in [-0.4, -0.2) is 4.98 Å². The minimum Gasteiger partial charge on any atom is -0.255 e. The second-order valence-corrected chi connectivity index (χ2v) is 5.45. The maximum atomic E-state index is 6.17. The molecule has 0 saturated heterocycles. The molecule has 0 aliphatic rings. The number of halogens is 3. The summed E-state index contributed by atoms with van der Waals surface area (Å²) in [5, 5.41) is 1.11. The van der Waals surface area contributed by atoms with Gasteiger partial charge in [0.05, 0.1) is 15.7 Å². The Bertz CT molecular complexity index is 541. The summed E-state index contributed by atoms with van der Waals surface area (Å²) < 4.78 is 1.11. The van der Waals surface area contributed by atoms with Gasteiger partial charge in [-0.1, -0.05) is 35.3 Å². The van der Waals surface area contributed by atoms with E-state index in [9.17, 15) is 0 Å². The second kappa shape index (κ2) is 4.90. The van der Waals surface area contributed by atoms with Crippen LogP contribution < -0.4 is 0 Å². The number of aromatic nitrogens is 1. The lowest BCUT2D eigenvalue weighted by molar-refractivity contribution is 1.25. The Morgan fingerprint density at radius 1 is 1.25 bits per heavy atom. The summed E-state index contributed by atoms with van der Waals surface area (Å²) in [6.45, 7) is 2.02. The van der Waals surface area contributed by atoms with Crippen molar-refractivity contribution < 1.29 is 0 Å². The van der Waals surface area contributed by atoms with Crippen LogP contribution in [0.2, 0.25) is 10.0 Å². The van der Waals surface area contributed by atoms with E-state index in [4.69, 9.17) is 23.2 Å². The molecule has 1 nitrogen and oxygen atoms in total. The molecule has 0 aliphatic carbocycles. The number of aryl methyl sites for hydroxylation is 1. The van der Waals surface area contributed by atoms with E-state index in [0.29, 0.717) is 10.0 Å². The Morgan fingerprint density at radius 3 is 2.69 bits per heavy atom. The van der Waals surface area contributed by atoms with Crippen LogP contribution in [0.1, 0.15) is 5.56 Å². The van der Waals surface area contributed by atoms with Gasteiger partial charge in [-0.25, -0.2) is 0 Å². The molecule has 0 aliphatic heterocycles. The lowest BCUT2D eigenvalue weighted by Gasteiger charge is -2.08. The monoisotopic (exact) mass is 363 g/mol. The summed E-state index contributed by atoms with van der Waals surface area (Å²) in [4.78, 5) is 4.40. The van der Waals surface area contributed by atoms with Crippen LogP contribution in [0.5, 0.6) is 0 Å². The highest BCUT2D eigenvalue weighted by Crippen LogP contribution is 2.33. The number of nitrogens with zero attached hydrogens (tertiary/aromatic N) is 1. The topological polar surface area (TPSA) is 12.9 Å². The van der Waals surface area contributed by atoms with Crippen LogP contribution in [-0.2, 0) is 0 Å². The van der Waals surface area contributed by atoms with Crippen molar-refractivity contribution in [3.8, 4) is 11.3 Å². The molecule has 4 heteroatoms. The van der Waals surface area contributed by atoms with E-state index >= 15 is 0 Å². The first-order valence-corrected chi connectivity index (χ1v) is 6.49. The summed E-state index contributed by atoms with van der Waals surface area (Å²) in [5.41, 5.74) is 2.85. The maximum absolute atomic E-state index is 6.17. The van der Waals surface area contributed by atoms with Gasteiger partial charge in [-0.15, -0.1) is 0 Å². The van der Waals surface area contributed by atoms with Crippen LogP contribution in [0.25, 0.3) is 11.3 Å². The third-order valence-electron chi connectivity index (χ3n) is 2.25. The molecule has 1 aromatic heterocycles. The van der Waals surface area contributed by atoms with E-state index < -0.39 is 0 Å². The molecule has 0 amide bonds. The molecule has 0 atom stereocenters. The number of rotatable bonds is 1. The van der Waals surface area contributed by atoms with Gasteiger partial charge in [0.2, 0.25) is 0 Å². The minimum absolute atomic E-state index is 0.555. The van der Waals surface area contributed by atoms with Crippen LogP contribution >= 0.6 is 45.8 Å². The summed E-state index contributed by atoms with van der Waals surface area (Å²) in [6, 6.07) is 7.65. The molecule has 0 saturated carbocycles. The van der Waals surface area contributed by atoms with Gasteiger partial charge < -0.3 is 0 Å². The second-order valence-electron chi connectivity index (χ2n) is 3.42. The Kier molecular flexibility index (Phi) is 3.72. The van der Waals surface area contributed by atoms with Crippen LogP contribution in [0.3, 0.4) is 0 Å². The molecule has 0 radical (unpaired) electrons. The lowest BCUT2D eigenvalue weighted by atomic mass is 10.1. The molecule has 0 spiro atoms. The van der Waals surface area contributed by atoms with Gasteiger partial charge >= 0.3 is 0 Å². The van der Waals surface area contributed by atoms with Gasteiger partial charge in [0, 0.05) is 15.3 Å². The van der Waals surface area contributed by atoms with Crippen molar-refractivity contribution in [2.24, 2.45) is 0 Å². The Morgan fingerprint density at radius 2 is 2.00 bits per heavy atom. The third-order valence-corrected chi connectivity index (χ3v) is 3.66. The lowest BCUT2D eigenvalue weighted by Crippen LogP contribution is -1.90. The largest absolute Gasteiger partial charge is 0.255 e. The molecule has 0 N–H and O–H groups in total. The highest BCUT2D eigenvalue weighted by molar-refractivity contribution is 14.1. The van der Waals surface area contributed by atoms with Gasteiger partial charge in [-0.2, -0.15) is 0 Å². The van der Waals surface area contributed by atoms with Crippen molar-refractivity contribution >= 4 is 45.8 Å².